The van der Waals surface area contributed by atoms with E-state index in [9.17, 15) is 24.0 Å². The number of nitrogens with zero attached hydrogens (tertiary/aromatic N) is 1. The number of hydrogen-bond donors (Lipinski definition) is 1. The van der Waals surface area contributed by atoms with Gasteiger partial charge in [0.1, 0.15) is 0 Å². The summed E-state index contributed by atoms with van der Waals surface area (Å²) in [6, 6.07) is 12.0. The summed E-state index contributed by atoms with van der Waals surface area (Å²) < 4.78 is 9.66. The van der Waals surface area contributed by atoms with Crippen molar-refractivity contribution in [1.29, 1.82) is 0 Å². The maximum atomic E-state index is 12.7. The molecule has 0 spiro atoms. The number of ether oxygens (including phenoxy) is 2. The van der Waals surface area contributed by atoms with E-state index in [1.54, 1.807) is 0 Å². The quantitative estimate of drug-likeness (QED) is 0.398. The average Bonchev–Trinajstić information content (AvgIpc) is 3.12. The fourth-order valence-electron chi connectivity index (χ4n) is 4.02. The molecule has 0 saturated carbocycles. The summed E-state index contributed by atoms with van der Waals surface area (Å²) in [6.45, 7) is -0.515. The van der Waals surface area contributed by atoms with Crippen LogP contribution in [0.5, 0.6) is 0 Å². The van der Waals surface area contributed by atoms with Crippen LogP contribution in [0.3, 0.4) is 0 Å². The van der Waals surface area contributed by atoms with E-state index in [-0.39, 0.29) is 29.2 Å². The standard InChI is InChI=1S/C25H22N2O7/c1-33-24(31)15-6-10-17(11-7-15)26-21(28)14-34-25(32)16-8-12-18(13-9-16)27-22(29)19-4-2-3-5-20(19)23(27)30/h2-3,6-13,19-20H,4-5,14H2,1H3,(H,26,28)/t19-,20-/m0/s1. The lowest BCUT2D eigenvalue weighted by Gasteiger charge is -2.15. The molecule has 0 aromatic heterocycles. The van der Waals surface area contributed by atoms with Gasteiger partial charge in [-0.15, -0.1) is 0 Å². The summed E-state index contributed by atoms with van der Waals surface area (Å²) in [4.78, 5) is 62.4. The van der Waals surface area contributed by atoms with Crippen LogP contribution >= 0.6 is 0 Å². The van der Waals surface area contributed by atoms with Gasteiger partial charge in [-0.2, -0.15) is 0 Å². The van der Waals surface area contributed by atoms with Gasteiger partial charge in [0.25, 0.3) is 5.91 Å². The molecule has 1 N–H and O–H groups in total. The van der Waals surface area contributed by atoms with Crippen molar-refractivity contribution in [2.75, 3.05) is 23.9 Å². The number of hydrogen-bond acceptors (Lipinski definition) is 7. The predicted molar refractivity (Wildman–Crippen MR) is 121 cm³/mol. The second-order valence-electron chi connectivity index (χ2n) is 7.91. The number of amides is 3. The minimum absolute atomic E-state index is 0.178. The molecule has 1 aliphatic heterocycles. The first kappa shape index (κ1) is 22.9. The van der Waals surface area contributed by atoms with Crippen LogP contribution in [0.1, 0.15) is 33.6 Å². The molecule has 0 unspecified atom stereocenters. The fraction of sp³-hybridized carbons (Fsp3) is 0.240. The van der Waals surface area contributed by atoms with Gasteiger partial charge in [0.15, 0.2) is 6.61 Å². The summed E-state index contributed by atoms with van der Waals surface area (Å²) in [7, 11) is 1.27. The van der Waals surface area contributed by atoms with Gasteiger partial charge in [-0.05, 0) is 61.4 Å². The van der Waals surface area contributed by atoms with Crippen molar-refractivity contribution in [1.82, 2.24) is 0 Å². The van der Waals surface area contributed by atoms with Crippen molar-refractivity contribution in [2.24, 2.45) is 11.8 Å². The summed E-state index contributed by atoms with van der Waals surface area (Å²) in [5.41, 5.74) is 1.34. The Balaban J connectivity index is 1.32. The second kappa shape index (κ2) is 9.70. The number of benzene rings is 2. The molecule has 1 aliphatic carbocycles. The zero-order valence-corrected chi connectivity index (χ0v) is 18.4. The predicted octanol–water partition coefficient (Wildman–Crippen LogP) is 2.72. The Labute approximate surface area is 195 Å². The number of imide groups is 1. The van der Waals surface area contributed by atoms with Crippen LogP contribution in [0.25, 0.3) is 0 Å². The summed E-state index contributed by atoms with van der Waals surface area (Å²) in [5.74, 6) is -2.90. The van der Waals surface area contributed by atoms with Gasteiger partial charge in [-0.1, -0.05) is 12.2 Å². The van der Waals surface area contributed by atoms with Crippen molar-refractivity contribution in [3.63, 3.8) is 0 Å². The number of anilines is 2. The number of methoxy groups -OCH3 is 1. The molecule has 9 heteroatoms. The highest BCUT2D eigenvalue weighted by Crippen LogP contribution is 2.37. The van der Waals surface area contributed by atoms with E-state index in [1.807, 2.05) is 12.2 Å². The number of rotatable bonds is 6. The fourth-order valence-corrected chi connectivity index (χ4v) is 4.02. The highest BCUT2D eigenvalue weighted by molar-refractivity contribution is 6.22. The van der Waals surface area contributed by atoms with E-state index >= 15 is 0 Å². The van der Waals surface area contributed by atoms with Gasteiger partial charge >= 0.3 is 11.9 Å². The van der Waals surface area contributed by atoms with Gasteiger partial charge < -0.3 is 14.8 Å². The third-order valence-corrected chi connectivity index (χ3v) is 5.79. The Kier molecular flexibility index (Phi) is 6.53. The van der Waals surface area contributed by atoms with Crippen LogP contribution in [0.4, 0.5) is 11.4 Å². The molecule has 34 heavy (non-hydrogen) atoms. The van der Waals surface area contributed by atoms with Crippen LogP contribution in [-0.4, -0.2) is 43.4 Å². The molecule has 3 amide bonds. The third-order valence-electron chi connectivity index (χ3n) is 5.79. The molecule has 2 aromatic rings. The number of carbonyl (C=O) groups is 5. The lowest BCUT2D eigenvalue weighted by Crippen LogP contribution is -2.30. The van der Waals surface area contributed by atoms with E-state index in [0.29, 0.717) is 29.8 Å². The Bertz CT molecular complexity index is 1140. The zero-order chi connectivity index (χ0) is 24.2. The summed E-state index contributed by atoms with van der Waals surface area (Å²) >= 11 is 0. The molecule has 4 rings (SSSR count). The minimum atomic E-state index is -0.723. The molecular formula is C25H22N2O7. The van der Waals surface area contributed by atoms with Gasteiger partial charge in [-0.3, -0.25) is 19.3 Å². The summed E-state index contributed by atoms with van der Waals surface area (Å²) in [6.07, 6.45) is 4.94. The van der Waals surface area contributed by atoms with Crippen molar-refractivity contribution in [2.45, 2.75) is 12.8 Å². The Morgan fingerprint density at radius 2 is 1.38 bits per heavy atom. The topological polar surface area (TPSA) is 119 Å². The number of carbonyl (C=O) groups excluding carboxylic acids is 5. The van der Waals surface area contributed by atoms with Crippen molar-refractivity contribution >= 4 is 41.0 Å². The van der Waals surface area contributed by atoms with Crippen molar-refractivity contribution < 1.29 is 33.4 Å². The van der Waals surface area contributed by atoms with Gasteiger partial charge in [0, 0.05) is 5.69 Å². The number of nitrogens with one attached hydrogen (secondary N) is 1. The first-order valence-electron chi connectivity index (χ1n) is 10.7. The summed E-state index contributed by atoms with van der Waals surface area (Å²) in [5, 5.41) is 2.56. The largest absolute Gasteiger partial charge is 0.465 e. The van der Waals surface area contributed by atoms with Crippen LogP contribution in [0, 0.1) is 11.8 Å². The molecule has 2 aliphatic rings. The maximum Gasteiger partial charge on any atom is 0.338 e. The van der Waals surface area contributed by atoms with Crippen LogP contribution in [-0.2, 0) is 23.9 Å². The molecule has 2 atom stereocenters. The third kappa shape index (κ3) is 4.59. The van der Waals surface area contributed by atoms with E-state index < -0.39 is 24.5 Å². The Hall–Kier alpha value is -4.27. The molecule has 0 bridgehead atoms. The van der Waals surface area contributed by atoms with E-state index in [2.05, 4.69) is 10.1 Å². The molecule has 174 valence electrons. The zero-order valence-electron chi connectivity index (χ0n) is 18.4. The van der Waals surface area contributed by atoms with Crippen LogP contribution < -0.4 is 10.2 Å². The van der Waals surface area contributed by atoms with Gasteiger partial charge in [0.2, 0.25) is 11.8 Å². The van der Waals surface area contributed by atoms with E-state index in [0.717, 1.165) is 0 Å². The molecular weight excluding hydrogens is 440 g/mol. The highest BCUT2D eigenvalue weighted by Gasteiger charge is 2.47. The number of allylic oxidation sites excluding steroid dienone is 2. The second-order valence-corrected chi connectivity index (χ2v) is 7.91. The Morgan fingerprint density at radius 3 is 1.94 bits per heavy atom. The van der Waals surface area contributed by atoms with Crippen LogP contribution in [0.2, 0.25) is 0 Å². The Morgan fingerprint density at radius 1 is 0.853 bits per heavy atom. The molecule has 0 radical (unpaired) electrons. The van der Waals surface area contributed by atoms with Crippen LogP contribution in [0.15, 0.2) is 60.7 Å². The monoisotopic (exact) mass is 462 g/mol. The first-order valence-corrected chi connectivity index (χ1v) is 10.7. The minimum Gasteiger partial charge on any atom is -0.465 e. The van der Waals surface area contributed by atoms with Crippen molar-refractivity contribution in [3.05, 3.63) is 71.8 Å². The highest BCUT2D eigenvalue weighted by atomic mass is 16.5. The van der Waals surface area contributed by atoms with Crippen molar-refractivity contribution in [3.8, 4) is 0 Å². The number of fused-ring (bicyclic) bond motifs is 1. The molecule has 1 heterocycles. The molecule has 1 fully saturated rings. The van der Waals surface area contributed by atoms with E-state index in [1.165, 1.54) is 60.5 Å². The normalized spacial score (nSPS) is 18.9. The SMILES string of the molecule is COC(=O)c1ccc(NC(=O)COC(=O)c2ccc(N3C(=O)[C@H]4CC=CC[C@@H]4C3=O)cc2)cc1. The first-order chi connectivity index (χ1) is 16.4. The molecule has 2 aromatic carbocycles. The molecule has 9 nitrogen and oxygen atoms in total. The smallest absolute Gasteiger partial charge is 0.338 e. The average molecular weight is 462 g/mol. The van der Waals surface area contributed by atoms with E-state index in [4.69, 9.17) is 4.74 Å². The van der Waals surface area contributed by atoms with Gasteiger partial charge in [-0.25, -0.2) is 9.59 Å². The maximum absolute atomic E-state index is 12.7. The van der Waals surface area contributed by atoms with Gasteiger partial charge in [0.05, 0.1) is 35.8 Å². The lowest BCUT2D eigenvalue weighted by atomic mass is 9.85. The number of esters is 2. The molecule has 1 saturated heterocycles. The lowest BCUT2D eigenvalue weighted by molar-refractivity contribution is -0.122.